The van der Waals surface area contributed by atoms with Crippen LogP contribution in [-0.4, -0.2) is 41.9 Å². The van der Waals surface area contributed by atoms with Gasteiger partial charge in [0.1, 0.15) is 0 Å². The van der Waals surface area contributed by atoms with Gasteiger partial charge in [-0.05, 0) is 0 Å². The second-order valence-corrected chi connectivity index (χ2v) is 3.26. The van der Waals surface area contributed by atoms with Gasteiger partial charge in [-0.2, -0.15) is 0 Å². The van der Waals surface area contributed by atoms with E-state index in [0.29, 0.717) is 0 Å². The van der Waals surface area contributed by atoms with Crippen LogP contribution in [0.2, 0.25) is 0 Å². The summed E-state index contributed by atoms with van der Waals surface area (Å²) < 4.78 is -0.720. The molecule has 0 aliphatic heterocycles. The summed E-state index contributed by atoms with van der Waals surface area (Å²) in [6, 6.07) is 0. The Morgan fingerprint density at radius 2 is 1.75 bits per heavy atom. The highest BCUT2D eigenvalue weighted by atomic mass is 35.5. The second kappa shape index (κ2) is 5.59. The molecule has 0 heterocycles. The van der Waals surface area contributed by atoms with E-state index in [1.807, 2.05) is 0 Å². The Hall–Kier alpha value is -0.0300. The first kappa shape index (κ1) is 12.0. The average molecular weight is 215 g/mol. The number of alkyl halides is 2. The summed E-state index contributed by atoms with van der Waals surface area (Å²) in [5.74, 6) is -0.221. The Morgan fingerprint density at radius 3 is 2.00 bits per heavy atom. The topological polar surface area (TPSA) is 66.2 Å². The van der Waals surface area contributed by atoms with Gasteiger partial charge in [-0.25, -0.2) is 0 Å². The molecule has 0 aromatic rings. The van der Waals surface area contributed by atoms with Gasteiger partial charge in [0.15, 0.2) is 6.54 Å². The third kappa shape index (κ3) is 4.77. The van der Waals surface area contributed by atoms with Crippen LogP contribution in [0, 0.1) is 5.21 Å². The van der Waals surface area contributed by atoms with Crippen LogP contribution >= 0.6 is 23.2 Å². The van der Waals surface area contributed by atoms with Gasteiger partial charge in [0.25, 0.3) is 5.91 Å². The van der Waals surface area contributed by atoms with Crippen LogP contribution in [0.1, 0.15) is 0 Å². The minimum absolute atomic E-state index is 0.164. The second-order valence-electron chi connectivity index (χ2n) is 2.51. The van der Waals surface area contributed by atoms with Crippen molar-refractivity contribution in [3.05, 3.63) is 5.21 Å². The predicted molar refractivity (Wildman–Crippen MR) is 48.9 cm³/mol. The van der Waals surface area contributed by atoms with Gasteiger partial charge in [-0.15, -0.1) is 23.2 Å². The van der Waals surface area contributed by atoms with Crippen LogP contribution < -0.4 is 5.73 Å². The normalized spacial score (nSPS) is 11.6. The number of nitrogens with zero attached hydrogens (tertiary/aromatic N) is 1. The van der Waals surface area contributed by atoms with E-state index in [1.54, 1.807) is 0 Å². The first-order valence-electron chi connectivity index (χ1n) is 3.51. The Bertz CT molecular complexity index is 148. The molecule has 12 heavy (non-hydrogen) atoms. The van der Waals surface area contributed by atoms with Crippen molar-refractivity contribution in [1.29, 1.82) is 0 Å². The van der Waals surface area contributed by atoms with Crippen molar-refractivity contribution in [2.45, 2.75) is 0 Å². The van der Waals surface area contributed by atoms with E-state index in [1.165, 1.54) is 0 Å². The van der Waals surface area contributed by atoms with E-state index >= 15 is 0 Å². The maximum atomic E-state index is 11.6. The Balaban J connectivity index is 4.07. The van der Waals surface area contributed by atoms with Gasteiger partial charge in [-0.1, -0.05) is 0 Å². The summed E-state index contributed by atoms with van der Waals surface area (Å²) in [6.45, 7) is 0.0773. The molecule has 0 atom stereocenters. The van der Waals surface area contributed by atoms with Crippen molar-refractivity contribution in [2.24, 2.45) is 5.73 Å². The van der Waals surface area contributed by atoms with Gasteiger partial charge < -0.3 is 15.6 Å². The number of nitrogens with two attached hydrogens (primary N) is 1. The lowest BCUT2D eigenvalue weighted by Gasteiger charge is -2.40. The Labute approximate surface area is 81.4 Å². The smallest absolute Gasteiger partial charge is 0.272 e. The standard InChI is InChI=1S/C6H12Cl2N2O2/c7-1-3-10(12,4-2-8)5-6(9)11/h1-5H2,(H2,9,11). The molecule has 0 radical (unpaired) electrons. The molecule has 0 aromatic carbocycles. The number of primary amides is 1. The van der Waals surface area contributed by atoms with Gasteiger partial charge in [0.05, 0.1) is 24.8 Å². The summed E-state index contributed by atoms with van der Waals surface area (Å²) in [4.78, 5) is 10.5. The maximum absolute atomic E-state index is 11.6. The average Bonchev–Trinajstić information content (AvgIpc) is 1.85. The van der Waals surface area contributed by atoms with Crippen molar-refractivity contribution >= 4 is 29.1 Å². The quantitative estimate of drug-likeness (QED) is 0.392. The minimum Gasteiger partial charge on any atom is -0.632 e. The summed E-state index contributed by atoms with van der Waals surface area (Å²) >= 11 is 10.8. The molecule has 0 bridgehead atoms. The lowest BCUT2D eigenvalue weighted by molar-refractivity contribution is -0.867. The zero-order chi connectivity index (χ0) is 9.61. The number of hydroxylamine groups is 3. The van der Waals surface area contributed by atoms with Crippen LogP contribution in [-0.2, 0) is 4.79 Å². The fraction of sp³-hybridized carbons (Fsp3) is 0.833. The fourth-order valence-corrected chi connectivity index (χ4v) is 1.48. The highest BCUT2D eigenvalue weighted by Gasteiger charge is 2.17. The van der Waals surface area contributed by atoms with Crippen LogP contribution in [0.3, 0.4) is 0 Å². The van der Waals surface area contributed by atoms with Crippen LogP contribution in [0.5, 0.6) is 0 Å². The lowest BCUT2D eigenvalue weighted by atomic mass is 10.4. The molecule has 72 valence electrons. The molecule has 6 heteroatoms. The first-order valence-corrected chi connectivity index (χ1v) is 4.58. The number of rotatable bonds is 6. The summed E-state index contributed by atoms with van der Waals surface area (Å²) in [5.41, 5.74) is 4.90. The summed E-state index contributed by atoms with van der Waals surface area (Å²) in [6.07, 6.45) is 0. The van der Waals surface area contributed by atoms with E-state index in [-0.39, 0.29) is 31.4 Å². The monoisotopic (exact) mass is 214 g/mol. The zero-order valence-corrected chi connectivity index (χ0v) is 8.14. The largest absolute Gasteiger partial charge is 0.632 e. The molecule has 0 unspecified atom stereocenters. The van der Waals surface area contributed by atoms with Crippen LogP contribution in [0.4, 0.5) is 0 Å². The molecule has 0 aromatic heterocycles. The van der Waals surface area contributed by atoms with E-state index in [2.05, 4.69) is 0 Å². The maximum Gasteiger partial charge on any atom is 0.272 e. The molecule has 0 fully saturated rings. The van der Waals surface area contributed by atoms with Gasteiger partial charge >= 0.3 is 0 Å². The molecule has 0 saturated heterocycles. The van der Waals surface area contributed by atoms with Gasteiger partial charge in [-0.3, -0.25) is 4.79 Å². The summed E-state index contributed by atoms with van der Waals surface area (Å²) in [5, 5.41) is 11.6. The highest BCUT2D eigenvalue weighted by molar-refractivity contribution is 6.18. The molecule has 1 amide bonds. The van der Waals surface area contributed by atoms with Crippen molar-refractivity contribution in [3.63, 3.8) is 0 Å². The highest BCUT2D eigenvalue weighted by Crippen LogP contribution is 2.04. The SMILES string of the molecule is NC(=O)C[N+]([O-])(CCCl)CCCl. The molecule has 2 N–H and O–H groups in total. The Morgan fingerprint density at radius 1 is 1.33 bits per heavy atom. The van der Waals surface area contributed by atoms with Crippen molar-refractivity contribution < 1.29 is 9.44 Å². The molecule has 0 rings (SSSR count). The molecule has 0 saturated carbocycles. The first-order chi connectivity index (χ1) is 5.54. The van der Waals surface area contributed by atoms with E-state index < -0.39 is 10.6 Å². The molecule has 0 aliphatic carbocycles. The van der Waals surface area contributed by atoms with Gasteiger partial charge in [0.2, 0.25) is 0 Å². The number of quaternary nitrogens is 1. The molecule has 0 spiro atoms. The summed E-state index contributed by atoms with van der Waals surface area (Å²) in [7, 11) is 0. The zero-order valence-electron chi connectivity index (χ0n) is 6.63. The van der Waals surface area contributed by atoms with Crippen molar-refractivity contribution in [3.8, 4) is 0 Å². The molecular formula is C6H12Cl2N2O2. The van der Waals surface area contributed by atoms with Crippen molar-refractivity contribution in [1.82, 2.24) is 0 Å². The number of hydrogen-bond donors (Lipinski definition) is 1. The lowest BCUT2D eigenvalue weighted by Crippen LogP contribution is -2.50. The number of amides is 1. The van der Waals surface area contributed by atoms with Crippen LogP contribution in [0.15, 0.2) is 0 Å². The fourth-order valence-electron chi connectivity index (χ4n) is 0.862. The number of hydrogen-bond acceptors (Lipinski definition) is 2. The van der Waals surface area contributed by atoms with Crippen LogP contribution in [0.25, 0.3) is 0 Å². The number of halogens is 2. The predicted octanol–water partition coefficient (Wildman–Crippen LogP) is 0.264. The van der Waals surface area contributed by atoms with E-state index in [0.717, 1.165) is 0 Å². The molecule has 0 aliphatic rings. The Kier molecular flexibility index (Phi) is 5.57. The van der Waals surface area contributed by atoms with E-state index in [9.17, 15) is 10.0 Å². The minimum atomic E-state index is -0.720. The van der Waals surface area contributed by atoms with E-state index in [4.69, 9.17) is 28.9 Å². The third-order valence-electron chi connectivity index (χ3n) is 1.43. The number of carbonyl (C=O) groups excluding carboxylic acids is 1. The molecule has 4 nitrogen and oxygen atoms in total. The molecular weight excluding hydrogens is 203 g/mol. The van der Waals surface area contributed by atoms with Gasteiger partial charge in [0, 0.05) is 0 Å². The number of carbonyl (C=O) groups is 1. The third-order valence-corrected chi connectivity index (χ3v) is 1.77. The van der Waals surface area contributed by atoms with Crippen molar-refractivity contribution in [2.75, 3.05) is 31.4 Å².